The van der Waals surface area contributed by atoms with Crippen LogP contribution in [0.15, 0.2) is 0 Å². The van der Waals surface area contributed by atoms with E-state index in [9.17, 15) is 4.79 Å². The zero-order valence-corrected chi connectivity index (χ0v) is 13.3. The maximum atomic E-state index is 12.1. The summed E-state index contributed by atoms with van der Waals surface area (Å²) >= 11 is 1.95. The number of hydrogen-bond acceptors (Lipinski definition) is 3. The highest BCUT2D eigenvalue weighted by atomic mass is 32.2. The second-order valence-electron chi connectivity index (χ2n) is 6.99. The van der Waals surface area contributed by atoms with Gasteiger partial charge in [-0.15, -0.1) is 0 Å². The molecule has 0 bridgehead atoms. The minimum Gasteiger partial charge on any atom is -0.353 e. The molecule has 0 aromatic carbocycles. The van der Waals surface area contributed by atoms with Gasteiger partial charge >= 0.3 is 0 Å². The monoisotopic (exact) mass is 284 g/mol. The standard InChI is InChI=1S/C15H28N2OS/c1-11-9-15(2,3)5-4-13(11)17-14(18)8-12-10-19-7-6-16-12/h11-13,16H,4-10H2,1-3H3,(H,17,18). The van der Waals surface area contributed by atoms with Crippen molar-refractivity contribution in [2.24, 2.45) is 11.3 Å². The van der Waals surface area contributed by atoms with Gasteiger partial charge in [-0.2, -0.15) is 11.8 Å². The number of amides is 1. The van der Waals surface area contributed by atoms with Crippen LogP contribution in [0.25, 0.3) is 0 Å². The molecule has 2 fully saturated rings. The summed E-state index contributed by atoms with van der Waals surface area (Å²) < 4.78 is 0. The quantitative estimate of drug-likeness (QED) is 0.836. The average molecular weight is 284 g/mol. The highest BCUT2D eigenvalue weighted by Crippen LogP contribution is 2.38. The van der Waals surface area contributed by atoms with Crippen LogP contribution in [0.1, 0.15) is 46.5 Å². The van der Waals surface area contributed by atoms with E-state index in [2.05, 4.69) is 31.4 Å². The minimum absolute atomic E-state index is 0.233. The average Bonchev–Trinajstić information content (AvgIpc) is 2.33. The van der Waals surface area contributed by atoms with Crippen molar-refractivity contribution in [3.63, 3.8) is 0 Å². The molecule has 0 spiro atoms. The van der Waals surface area contributed by atoms with Crippen molar-refractivity contribution in [1.82, 2.24) is 10.6 Å². The van der Waals surface area contributed by atoms with Gasteiger partial charge in [0.2, 0.25) is 5.91 Å². The van der Waals surface area contributed by atoms with E-state index >= 15 is 0 Å². The molecule has 110 valence electrons. The molecule has 1 aliphatic heterocycles. The van der Waals surface area contributed by atoms with E-state index in [1.165, 1.54) is 18.6 Å². The highest BCUT2D eigenvalue weighted by Gasteiger charge is 2.33. The zero-order valence-electron chi connectivity index (χ0n) is 12.5. The first-order valence-corrected chi connectivity index (χ1v) is 8.72. The molecule has 0 radical (unpaired) electrons. The van der Waals surface area contributed by atoms with Crippen LogP contribution in [0.3, 0.4) is 0 Å². The van der Waals surface area contributed by atoms with Crippen molar-refractivity contribution in [2.45, 2.75) is 58.5 Å². The maximum Gasteiger partial charge on any atom is 0.221 e. The van der Waals surface area contributed by atoms with Crippen LogP contribution < -0.4 is 10.6 Å². The topological polar surface area (TPSA) is 41.1 Å². The third-order valence-corrected chi connectivity index (χ3v) is 5.60. The largest absolute Gasteiger partial charge is 0.353 e. The molecule has 19 heavy (non-hydrogen) atoms. The number of thioether (sulfide) groups is 1. The predicted octanol–water partition coefficient (Wildman–Crippen LogP) is 2.41. The number of carbonyl (C=O) groups excluding carboxylic acids is 1. The van der Waals surface area contributed by atoms with E-state index < -0.39 is 0 Å². The summed E-state index contributed by atoms with van der Waals surface area (Å²) in [6.07, 6.45) is 4.21. The lowest BCUT2D eigenvalue weighted by molar-refractivity contribution is -0.123. The molecule has 1 saturated heterocycles. The van der Waals surface area contributed by atoms with Gasteiger partial charge in [0.05, 0.1) is 0 Å². The molecule has 1 heterocycles. The van der Waals surface area contributed by atoms with Crippen LogP contribution in [0.5, 0.6) is 0 Å². The Morgan fingerprint density at radius 3 is 2.89 bits per heavy atom. The Hall–Kier alpha value is -0.220. The Morgan fingerprint density at radius 2 is 2.26 bits per heavy atom. The molecule has 2 rings (SSSR count). The SMILES string of the molecule is CC1CC(C)(C)CCC1NC(=O)CC1CSCCN1. The van der Waals surface area contributed by atoms with Crippen LogP contribution >= 0.6 is 11.8 Å². The molecular weight excluding hydrogens is 256 g/mol. The van der Waals surface area contributed by atoms with Gasteiger partial charge in [0.25, 0.3) is 0 Å². The third-order valence-electron chi connectivity index (χ3n) is 4.47. The summed E-state index contributed by atoms with van der Waals surface area (Å²) in [4.78, 5) is 12.1. The molecule has 3 nitrogen and oxygen atoms in total. The number of carbonyl (C=O) groups is 1. The first kappa shape index (κ1) is 15.2. The normalized spacial score (nSPS) is 34.8. The molecule has 0 aromatic heterocycles. The molecule has 1 aliphatic carbocycles. The molecule has 1 amide bonds. The van der Waals surface area contributed by atoms with Crippen LogP contribution in [0.4, 0.5) is 0 Å². The first-order chi connectivity index (χ1) is 8.96. The predicted molar refractivity (Wildman–Crippen MR) is 82.5 cm³/mol. The molecule has 3 atom stereocenters. The fraction of sp³-hybridized carbons (Fsp3) is 0.933. The van der Waals surface area contributed by atoms with Crippen molar-refractivity contribution >= 4 is 17.7 Å². The van der Waals surface area contributed by atoms with Crippen molar-refractivity contribution in [1.29, 1.82) is 0 Å². The van der Waals surface area contributed by atoms with E-state index in [1.807, 2.05) is 11.8 Å². The minimum atomic E-state index is 0.233. The zero-order chi connectivity index (χ0) is 13.9. The van der Waals surface area contributed by atoms with E-state index in [0.29, 0.717) is 29.8 Å². The number of nitrogens with one attached hydrogen (secondary N) is 2. The Labute approximate surface area is 121 Å². The van der Waals surface area contributed by atoms with E-state index in [4.69, 9.17) is 0 Å². The summed E-state index contributed by atoms with van der Waals surface area (Å²) in [6.45, 7) is 7.99. The Balaban J connectivity index is 1.75. The summed E-state index contributed by atoms with van der Waals surface area (Å²) in [5, 5.41) is 6.70. The van der Waals surface area contributed by atoms with Crippen molar-refractivity contribution < 1.29 is 4.79 Å². The maximum absolute atomic E-state index is 12.1. The summed E-state index contributed by atoms with van der Waals surface area (Å²) in [7, 11) is 0. The molecule has 4 heteroatoms. The third kappa shape index (κ3) is 4.67. The van der Waals surface area contributed by atoms with Gasteiger partial charge in [-0.1, -0.05) is 20.8 Å². The smallest absolute Gasteiger partial charge is 0.221 e. The first-order valence-electron chi connectivity index (χ1n) is 7.57. The van der Waals surface area contributed by atoms with Crippen molar-refractivity contribution in [3.8, 4) is 0 Å². The Bertz CT molecular complexity index is 313. The fourth-order valence-electron chi connectivity index (χ4n) is 3.40. The molecular formula is C15H28N2OS. The van der Waals surface area contributed by atoms with Crippen LogP contribution in [0.2, 0.25) is 0 Å². The molecule has 0 aromatic rings. The summed E-state index contributed by atoms with van der Waals surface area (Å²) in [5.41, 5.74) is 0.447. The van der Waals surface area contributed by atoms with Gasteiger partial charge in [0, 0.05) is 36.6 Å². The lowest BCUT2D eigenvalue weighted by Crippen LogP contribution is -2.47. The van der Waals surface area contributed by atoms with Gasteiger partial charge in [0.1, 0.15) is 0 Å². The van der Waals surface area contributed by atoms with Gasteiger partial charge in [-0.3, -0.25) is 4.79 Å². The van der Waals surface area contributed by atoms with Crippen LogP contribution in [-0.4, -0.2) is 36.0 Å². The highest BCUT2D eigenvalue weighted by molar-refractivity contribution is 7.99. The second kappa shape index (κ2) is 6.49. The molecule has 3 unspecified atom stereocenters. The molecule has 2 N–H and O–H groups in total. The Kier molecular flexibility index (Phi) is 5.18. The van der Waals surface area contributed by atoms with Crippen molar-refractivity contribution in [2.75, 3.05) is 18.1 Å². The van der Waals surface area contributed by atoms with E-state index in [1.54, 1.807) is 0 Å². The van der Waals surface area contributed by atoms with Crippen LogP contribution in [-0.2, 0) is 4.79 Å². The summed E-state index contributed by atoms with van der Waals surface area (Å²) in [5.74, 6) is 3.08. The second-order valence-corrected chi connectivity index (χ2v) is 8.14. The van der Waals surface area contributed by atoms with E-state index in [0.717, 1.165) is 18.7 Å². The van der Waals surface area contributed by atoms with Crippen LogP contribution in [0, 0.1) is 11.3 Å². The number of rotatable bonds is 3. The molecule has 2 aliphatic rings. The summed E-state index contributed by atoms with van der Waals surface area (Å²) in [6, 6.07) is 0.755. The van der Waals surface area contributed by atoms with E-state index in [-0.39, 0.29) is 5.91 Å². The molecule has 1 saturated carbocycles. The van der Waals surface area contributed by atoms with Gasteiger partial charge in [0.15, 0.2) is 0 Å². The lowest BCUT2D eigenvalue weighted by atomic mass is 9.70. The van der Waals surface area contributed by atoms with Gasteiger partial charge < -0.3 is 10.6 Å². The van der Waals surface area contributed by atoms with Gasteiger partial charge in [-0.05, 0) is 30.6 Å². The number of hydrogen-bond donors (Lipinski definition) is 2. The van der Waals surface area contributed by atoms with Crippen molar-refractivity contribution in [3.05, 3.63) is 0 Å². The fourth-order valence-corrected chi connectivity index (χ4v) is 4.35. The van der Waals surface area contributed by atoms with Gasteiger partial charge in [-0.25, -0.2) is 0 Å². The Morgan fingerprint density at radius 1 is 1.47 bits per heavy atom. The lowest BCUT2D eigenvalue weighted by Gasteiger charge is -2.39.